The molecular weight excluding hydrogens is 405 g/mol. The number of benzene rings is 2. The molecule has 3 aromatic rings. The Labute approximate surface area is 187 Å². The van der Waals surface area contributed by atoms with E-state index < -0.39 is 0 Å². The lowest BCUT2D eigenvalue weighted by Gasteiger charge is -2.34. The van der Waals surface area contributed by atoms with Crippen LogP contribution in [0.25, 0.3) is 11.8 Å². The highest BCUT2D eigenvalue weighted by atomic mass is 19.1. The molecule has 1 saturated heterocycles. The maximum atomic E-state index is 13.6. The number of fused-ring (bicyclic) bond motifs is 1. The highest BCUT2D eigenvalue weighted by Crippen LogP contribution is 2.39. The van der Waals surface area contributed by atoms with Crippen LogP contribution >= 0.6 is 0 Å². The molecule has 0 spiro atoms. The second-order valence-electron chi connectivity index (χ2n) is 8.52. The molecule has 0 bridgehead atoms. The molecule has 1 fully saturated rings. The van der Waals surface area contributed by atoms with Crippen molar-refractivity contribution in [2.75, 3.05) is 13.7 Å². The molecule has 2 aliphatic rings. The second kappa shape index (κ2) is 8.26. The number of amides is 1. The number of aryl methyl sites for hydroxylation is 2. The fourth-order valence-electron chi connectivity index (χ4n) is 4.90. The molecule has 0 unspecified atom stereocenters. The van der Waals surface area contributed by atoms with Crippen LogP contribution in [0.1, 0.15) is 47.7 Å². The van der Waals surface area contributed by atoms with Crippen LogP contribution in [0.3, 0.4) is 0 Å². The summed E-state index contributed by atoms with van der Waals surface area (Å²) in [7, 11) is 1.65. The van der Waals surface area contributed by atoms with Gasteiger partial charge < -0.3 is 14.2 Å². The van der Waals surface area contributed by atoms with E-state index in [0.29, 0.717) is 0 Å². The van der Waals surface area contributed by atoms with E-state index >= 15 is 0 Å². The molecule has 1 aliphatic carbocycles. The first-order valence-electron chi connectivity index (χ1n) is 11.0. The Bertz CT molecular complexity index is 1210. The summed E-state index contributed by atoms with van der Waals surface area (Å²) in [4.78, 5) is 19.6. The number of hydrogen-bond donors (Lipinski definition) is 0. The van der Waals surface area contributed by atoms with E-state index in [1.165, 1.54) is 6.07 Å². The highest BCUT2D eigenvalue weighted by Gasteiger charge is 2.34. The molecule has 0 saturated carbocycles. The fraction of sp³-hybridized carbons (Fsp3) is 0.308. The van der Waals surface area contributed by atoms with E-state index in [9.17, 15) is 9.18 Å². The van der Waals surface area contributed by atoms with Crippen LogP contribution < -0.4 is 4.74 Å². The minimum absolute atomic E-state index is 0.0307. The van der Waals surface area contributed by atoms with Crippen molar-refractivity contribution in [1.29, 1.82) is 0 Å². The molecule has 1 aliphatic heterocycles. The highest BCUT2D eigenvalue weighted by molar-refractivity contribution is 5.99. The third-order valence-corrected chi connectivity index (χ3v) is 6.44. The van der Waals surface area contributed by atoms with Crippen molar-refractivity contribution >= 4 is 12.0 Å². The van der Waals surface area contributed by atoms with Crippen LogP contribution in [-0.4, -0.2) is 34.0 Å². The van der Waals surface area contributed by atoms with Crippen LogP contribution in [-0.2, 0) is 11.2 Å². The number of piperidine rings is 1. The summed E-state index contributed by atoms with van der Waals surface area (Å²) in [5, 5.41) is 0. The third-order valence-electron chi connectivity index (χ3n) is 6.44. The van der Waals surface area contributed by atoms with Gasteiger partial charge in [-0.25, -0.2) is 9.37 Å². The predicted octanol–water partition coefficient (Wildman–Crippen LogP) is 5.02. The summed E-state index contributed by atoms with van der Waals surface area (Å²) < 4.78 is 21.1. The van der Waals surface area contributed by atoms with Gasteiger partial charge in [-0.05, 0) is 79.6 Å². The van der Waals surface area contributed by atoms with Crippen molar-refractivity contribution in [2.45, 2.75) is 38.6 Å². The van der Waals surface area contributed by atoms with Crippen molar-refractivity contribution in [3.05, 3.63) is 82.7 Å². The predicted molar refractivity (Wildman–Crippen MR) is 121 cm³/mol. The number of carbonyl (C=O) groups excluding carboxylic acids is 1. The Morgan fingerprint density at radius 3 is 2.84 bits per heavy atom. The van der Waals surface area contributed by atoms with Gasteiger partial charge in [0.05, 0.1) is 30.9 Å². The molecule has 5 nitrogen and oxygen atoms in total. The van der Waals surface area contributed by atoms with Crippen LogP contribution in [0.2, 0.25) is 0 Å². The molecule has 32 heavy (non-hydrogen) atoms. The van der Waals surface area contributed by atoms with Gasteiger partial charge in [0.1, 0.15) is 11.6 Å². The molecule has 6 heteroatoms. The summed E-state index contributed by atoms with van der Waals surface area (Å²) in [6, 6.07) is 10.9. The number of imidazole rings is 1. The van der Waals surface area contributed by atoms with Gasteiger partial charge in [-0.1, -0.05) is 12.1 Å². The molecule has 5 rings (SSSR count). The first-order chi connectivity index (χ1) is 15.5. The maximum absolute atomic E-state index is 13.6. The molecule has 2 aromatic carbocycles. The van der Waals surface area contributed by atoms with E-state index in [-0.39, 0.29) is 17.8 Å². The van der Waals surface area contributed by atoms with Gasteiger partial charge in [-0.2, -0.15) is 0 Å². The molecule has 1 amide bonds. The Balaban J connectivity index is 1.42. The van der Waals surface area contributed by atoms with Crippen molar-refractivity contribution in [2.24, 2.45) is 0 Å². The number of methoxy groups -OCH3 is 1. The molecule has 2 heterocycles. The van der Waals surface area contributed by atoms with Gasteiger partial charge in [0.2, 0.25) is 5.91 Å². The number of likely N-dealkylation sites (tertiary alicyclic amines) is 1. The van der Waals surface area contributed by atoms with Gasteiger partial charge in [-0.3, -0.25) is 4.79 Å². The quantitative estimate of drug-likeness (QED) is 0.545. The Kier molecular flexibility index (Phi) is 5.29. The number of aromatic nitrogens is 2. The minimum Gasteiger partial charge on any atom is -0.495 e. The molecule has 0 N–H and O–H groups in total. The Morgan fingerprint density at radius 1 is 1.19 bits per heavy atom. The van der Waals surface area contributed by atoms with E-state index in [0.717, 1.165) is 71.6 Å². The normalized spacial score (nSPS) is 19.5. The van der Waals surface area contributed by atoms with Crippen LogP contribution in [0.15, 0.2) is 54.5 Å². The number of carbonyl (C=O) groups is 1. The van der Waals surface area contributed by atoms with E-state index in [2.05, 4.69) is 4.98 Å². The average Bonchev–Trinajstić information content (AvgIpc) is 3.41. The topological polar surface area (TPSA) is 47.4 Å². The summed E-state index contributed by atoms with van der Waals surface area (Å²) >= 11 is 0. The van der Waals surface area contributed by atoms with Crippen molar-refractivity contribution in [1.82, 2.24) is 14.5 Å². The van der Waals surface area contributed by atoms with Gasteiger partial charge in [0.15, 0.2) is 0 Å². The zero-order valence-electron chi connectivity index (χ0n) is 18.3. The lowest BCUT2D eigenvalue weighted by atomic mass is 9.97. The number of nitrogens with zero attached hydrogens (tertiary/aromatic N) is 3. The molecule has 1 aromatic heterocycles. The van der Waals surface area contributed by atoms with Gasteiger partial charge >= 0.3 is 0 Å². The molecule has 164 valence electrons. The molecule has 1 atom stereocenters. The lowest BCUT2D eigenvalue weighted by Crippen LogP contribution is -2.39. The largest absolute Gasteiger partial charge is 0.495 e. The minimum atomic E-state index is -0.210. The van der Waals surface area contributed by atoms with Crippen LogP contribution in [0.4, 0.5) is 4.39 Å². The van der Waals surface area contributed by atoms with E-state index in [1.807, 2.05) is 52.9 Å². The SMILES string of the molecule is COc1cc(/C=C2\CCCN([C@@H]3CCc4cc(F)ccc43)C2=O)ccc1-n1cnc(C)c1. The summed E-state index contributed by atoms with van der Waals surface area (Å²) in [6.07, 6.45) is 9.03. The third kappa shape index (κ3) is 3.70. The standard InChI is InChI=1S/C26H26FN3O2/c1-17-15-29(16-28-17)24-9-5-18(13-25(24)32-2)12-20-4-3-11-30(26(20)31)23-10-6-19-14-21(27)7-8-22(19)23/h5,7-9,12-16,23H,3-4,6,10-11H2,1-2H3/b20-12+/t23-/m1/s1. The van der Waals surface area contributed by atoms with Crippen molar-refractivity contribution in [3.8, 4) is 11.4 Å². The second-order valence-corrected chi connectivity index (χ2v) is 8.52. The fourth-order valence-corrected chi connectivity index (χ4v) is 4.90. The number of hydrogen-bond acceptors (Lipinski definition) is 3. The van der Waals surface area contributed by atoms with Gasteiger partial charge in [0.25, 0.3) is 0 Å². The van der Waals surface area contributed by atoms with E-state index in [1.54, 1.807) is 19.5 Å². The van der Waals surface area contributed by atoms with E-state index in [4.69, 9.17) is 4.74 Å². The van der Waals surface area contributed by atoms with Crippen LogP contribution in [0, 0.1) is 12.7 Å². The summed E-state index contributed by atoms with van der Waals surface area (Å²) in [5.41, 5.74) is 5.68. The van der Waals surface area contributed by atoms with Gasteiger partial charge in [-0.15, -0.1) is 0 Å². The van der Waals surface area contributed by atoms with Crippen molar-refractivity contribution < 1.29 is 13.9 Å². The smallest absolute Gasteiger partial charge is 0.250 e. The monoisotopic (exact) mass is 431 g/mol. The first kappa shape index (κ1) is 20.5. The lowest BCUT2D eigenvalue weighted by molar-refractivity contribution is -0.131. The molecule has 0 radical (unpaired) electrons. The Hall–Kier alpha value is -3.41. The van der Waals surface area contributed by atoms with Crippen LogP contribution in [0.5, 0.6) is 5.75 Å². The molecular formula is C26H26FN3O2. The maximum Gasteiger partial charge on any atom is 0.250 e. The summed E-state index contributed by atoms with van der Waals surface area (Å²) in [6.45, 7) is 2.68. The average molecular weight is 432 g/mol. The number of halogens is 1. The van der Waals surface area contributed by atoms with Crippen molar-refractivity contribution in [3.63, 3.8) is 0 Å². The zero-order valence-corrected chi connectivity index (χ0v) is 18.3. The summed E-state index contributed by atoms with van der Waals surface area (Å²) in [5.74, 6) is 0.591. The van der Waals surface area contributed by atoms with Gasteiger partial charge in [0, 0.05) is 18.3 Å². The first-order valence-corrected chi connectivity index (χ1v) is 11.0. The Morgan fingerprint density at radius 2 is 2.06 bits per heavy atom. The number of ether oxygens (including phenoxy) is 1. The number of rotatable bonds is 4. The zero-order chi connectivity index (χ0) is 22.2.